The number of carbonyl (C=O) groups excluding carboxylic acids is 1. The summed E-state index contributed by atoms with van der Waals surface area (Å²) in [5.41, 5.74) is 6.58. The van der Waals surface area contributed by atoms with Gasteiger partial charge in [0, 0.05) is 25.0 Å². The molecule has 3 rings (SSSR count). The molecule has 2 aromatic rings. The molecule has 1 fully saturated rings. The zero-order valence-corrected chi connectivity index (χ0v) is 16.6. The predicted octanol–water partition coefficient (Wildman–Crippen LogP) is 3.42. The van der Waals surface area contributed by atoms with Gasteiger partial charge < -0.3 is 10.6 Å². The van der Waals surface area contributed by atoms with Gasteiger partial charge in [-0.25, -0.2) is 9.67 Å². The molecule has 0 bridgehead atoms. The minimum absolute atomic E-state index is 0. The van der Waals surface area contributed by atoms with Gasteiger partial charge in [-0.05, 0) is 31.4 Å². The van der Waals surface area contributed by atoms with Crippen LogP contribution in [0.25, 0.3) is 5.69 Å². The molecule has 1 atom stereocenters. The van der Waals surface area contributed by atoms with Crippen LogP contribution in [-0.4, -0.2) is 44.7 Å². The molecule has 0 radical (unpaired) electrons. The summed E-state index contributed by atoms with van der Waals surface area (Å²) in [6, 6.07) is 7.50. The molecule has 2 heterocycles. The molecule has 1 amide bonds. The minimum Gasteiger partial charge on any atom is -0.332 e. The Bertz CT molecular complexity index is 762. The predicted molar refractivity (Wildman–Crippen MR) is 105 cm³/mol. The smallest absolute Gasteiger partial charge is 0.293 e. The molecule has 1 aliphatic rings. The molecule has 0 saturated carbocycles. The van der Waals surface area contributed by atoms with Gasteiger partial charge in [0.25, 0.3) is 5.91 Å². The SMILES string of the molecule is CC(C)c1nc(C(=O)N2CCCCC2CN)nn1-c1ccccc1Cl.Cl. The summed E-state index contributed by atoms with van der Waals surface area (Å²) in [4.78, 5) is 19.3. The van der Waals surface area contributed by atoms with Crippen molar-refractivity contribution in [3.8, 4) is 5.69 Å². The first-order valence-electron chi connectivity index (χ1n) is 8.75. The highest BCUT2D eigenvalue weighted by molar-refractivity contribution is 6.32. The first-order valence-corrected chi connectivity index (χ1v) is 9.13. The van der Waals surface area contributed by atoms with Gasteiger partial charge in [-0.15, -0.1) is 17.5 Å². The van der Waals surface area contributed by atoms with Crippen molar-refractivity contribution in [2.45, 2.75) is 45.1 Å². The molecule has 26 heavy (non-hydrogen) atoms. The minimum atomic E-state index is -0.150. The number of para-hydroxylation sites is 1. The Morgan fingerprint density at radius 2 is 2.08 bits per heavy atom. The fraction of sp³-hybridized carbons (Fsp3) is 0.500. The highest BCUT2D eigenvalue weighted by Crippen LogP contribution is 2.25. The first kappa shape index (κ1) is 20.7. The molecule has 1 saturated heterocycles. The largest absolute Gasteiger partial charge is 0.332 e. The Labute approximate surface area is 165 Å². The lowest BCUT2D eigenvalue weighted by atomic mass is 10.0. The molecule has 2 N–H and O–H groups in total. The van der Waals surface area contributed by atoms with Crippen molar-refractivity contribution in [2.75, 3.05) is 13.1 Å². The summed E-state index contributed by atoms with van der Waals surface area (Å²) in [5, 5.41) is 5.07. The Kier molecular flexibility index (Phi) is 7.03. The summed E-state index contributed by atoms with van der Waals surface area (Å²) in [6.07, 6.45) is 3.03. The molecule has 0 spiro atoms. The maximum absolute atomic E-state index is 13.0. The monoisotopic (exact) mass is 397 g/mol. The van der Waals surface area contributed by atoms with Crippen molar-refractivity contribution in [1.82, 2.24) is 19.7 Å². The average Bonchev–Trinajstić information content (AvgIpc) is 3.07. The quantitative estimate of drug-likeness (QED) is 0.856. The number of nitrogens with two attached hydrogens (primary N) is 1. The van der Waals surface area contributed by atoms with Crippen LogP contribution in [-0.2, 0) is 0 Å². The Morgan fingerprint density at radius 3 is 2.73 bits per heavy atom. The number of hydrogen-bond donors (Lipinski definition) is 1. The highest BCUT2D eigenvalue weighted by atomic mass is 35.5. The van der Waals surface area contributed by atoms with E-state index in [9.17, 15) is 4.79 Å². The summed E-state index contributed by atoms with van der Waals surface area (Å²) in [5.74, 6) is 0.890. The van der Waals surface area contributed by atoms with Crippen LogP contribution >= 0.6 is 24.0 Å². The lowest BCUT2D eigenvalue weighted by Crippen LogP contribution is -2.47. The number of carbonyl (C=O) groups is 1. The van der Waals surface area contributed by atoms with Crippen LogP contribution in [0, 0.1) is 0 Å². The van der Waals surface area contributed by atoms with Crippen LogP contribution in [0.1, 0.15) is 55.5 Å². The van der Waals surface area contributed by atoms with Crippen LogP contribution in [0.15, 0.2) is 24.3 Å². The van der Waals surface area contributed by atoms with E-state index in [0.29, 0.717) is 18.1 Å². The molecule has 6 nitrogen and oxygen atoms in total. The van der Waals surface area contributed by atoms with E-state index in [-0.39, 0.29) is 36.1 Å². The lowest BCUT2D eigenvalue weighted by molar-refractivity contribution is 0.0610. The van der Waals surface area contributed by atoms with Gasteiger partial charge >= 0.3 is 0 Å². The van der Waals surface area contributed by atoms with Crippen molar-refractivity contribution in [2.24, 2.45) is 5.73 Å². The normalized spacial score (nSPS) is 17.3. The summed E-state index contributed by atoms with van der Waals surface area (Å²) in [7, 11) is 0. The number of halogens is 2. The van der Waals surface area contributed by atoms with Crippen LogP contribution in [0.3, 0.4) is 0 Å². The van der Waals surface area contributed by atoms with Crippen molar-refractivity contribution in [1.29, 1.82) is 0 Å². The van der Waals surface area contributed by atoms with E-state index in [4.69, 9.17) is 17.3 Å². The van der Waals surface area contributed by atoms with Crippen LogP contribution in [0.2, 0.25) is 5.02 Å². The second kappa shape index (κ2) is 8.84. The number of hydrogen-bond acceptors (Lipinski definition) is 4. The molecule has 1 aromatic heterocycles. The van der Waals surface area contributed by atoms with Crippen LogP contribution < -0.4 is 5.73 Å². The van der Waals surface area contributed by atoms with Gasteiger partial charge in [0.2, 0.25) is 5.82 Å². The topological polar surface area (TPSA) is 77.0 Å². The Morgan fingerprint density at radius 1 is 1.35 bits per heavy atom. The highest BCUT2D eigenvalue weighted by Gasteiger charge is 2.30. The van der Waals surface area contributed by atoms with E-state index in [2.05, 4.69) is 10.1 Å². The zero-order chi connectivity index (χ0) is 18.0. The third-order valence-corrected chi connectivity index (χ3v) is 4.90. The summed E-state index contributed by atoms with van der Waals surface area (Å²) < 4.78 is 1.68. The number of likely N-dealkylation sites (tertiary alicyclic amines) is 1. The zero-order valence-electron chi connectivity index (χ0n) is 15.1. The van der Waals surface area contributed by atoms with Gasteiger partial charge in [0.1, 0.15) is 5.82 Å². The summed E-state index contributed by atoms with van der Waals surface area (Å²) in [6.45, 7) is 5.22. The third kappa shape index (κ3) is 4.03. The van der Waals surface area contributed by atoms with Crippen molar-refractivity contribution >= 4 is 29.9 Å². The summed E-state index contributed by atoms with van der Waals surface area (Å²) >= 11 is 6.32. The van der Waals surface area contributed by atoms with Gasteiger partial charge in [-0.2, -0.15) is 0 Å². The van der Waals surface area contributed by atoms with E-state index < -0.39 is 0 Å². The van der Waals surface area contributed by atoms with E-state index in [0.717, 1.165) is 30.8 Å². The van der Waals surface area contributed by atoms with E-state index >= 15 is 0 Å². The maximum Gasteiger partial charge on any atom is 0.293 e. The fourth-order valence-corrected chi connectivity index (χ4v) is 3.45. The maximum atomic E-state index is 13.0. The number of benzene rings is 1. The standard InChI is InChI=1S/C18H24ClN5O.ClH/c1-12(2)17-21-16(18(25)23-10-6-5-7-13(23)11-20)22-24(17)15-9-4-3-8-14(15)19;/h3-4,8-9,12-13H,5-7,10-11,20H2,1-2H3;1H. The Hall–Kier alpha value is -1.63. The molecule has 0 aliphatic carbocycles. The number of piperidine rings is 1. The molecule has 1 aliphatic heterocycles. The lowest BCUT2D eigenvalue weighted by Gasteiger charge is -2.34. The fourth-order valence-electron chi connectivity index (χ4n) is 3.23. The van der Waals surface area contributed by atoms with Gasteiger partial charge in [0.05, 0.1) is 10.7 Å². The molecular formula is C18H25Cl2N5O. The molecule has 142 valence electrons. The van der Waals surface area contributed by atoms with Crippen molar-refractivity contribution < 1.29 is 4.79 Å². The third-order valence-electron chi connectivity index (χ3n) is 4.58. The number of nitrogens with zero attached hydrogens (tertiary/aromatic N) is 4. The van der Waals surface area contributed by atoms with Gasteiger partial charge in [-0.3, -0.25) is 4.79 Å². The number of aromatic nitrogens is 3. The van der Waals surface area contributed by atoms with Crippen LogP contribution in [0.4, 0.5) is 0 Å². The van der Waals surface area contributed by atoms with Crippen molar-refractivity contribution in [3.63, 3.8) is 0 Å². The average molecular weight is 398 g/mol. The Balaban J connectivity index is 0.00000243. The number of rotatable bonds is 4. The second-order valence-electron chi connectivity index (χ2n) is 6.70. The molecule has 1 aromatic carbocycles. The van der Waals surface area contributed by atoms with Gasteiger partial charge in [-0.1, -0.05) is 37.6 Å². The van der Waals surface area contributed by atoms with Gasteiger partial charge in [0.15, 0.2) is 0 Å². The second-order valence-corrected chi connectivity index (χ2v) is 7.10. The number of amides is 1. The van der Waals surface area contributed by atoms with E-state index in [1.807, 2.05) is 36.9 Å². The molecule has 8 heteroatoms. The first-order chi connectivity index (χ1) is 12.0. The van der Waals surface area contributed by atoms with E-state index in [1.54, 1.807) is 10.7 Å². The van der Waals surface area contributed by atoms with Crippen LogP contribution in [0.5, 0.6) is 0 Å². The molecular weight excluding hydrogens is 373 g/mol. The molecule has 1 unspecified atom stereocenters. The van der Waals surface area contributed by atoms with E-state index in [1.165, 1.54) is 0 Å². The van der Waals surface area contributed by atoms with Crippen molar-refractivity contribution in [3.05, 3.63) is 40.9 Å².